The Kier molecular flexibility index (Phi) is 4.89. The van der Waals surface area contributed by atoms with E-state index in [1.807, 2.05) is 21.9 Å². The summed E-state index contributed by atoms with van der Waals surface area (Å²) in [5.74, 6) is 0.223. The molecule has 0 radical (unpaired) electrons. The molecule has 0 unspecified atom stereocenters. The van der Waals surface area contributed by atoms with E-state index in [1.165, 1.54) is 7.11 Å². The van der Waals surface area contributed by atoms with E-state index in [9.17, 15) is 14.4 Å². The topological polar surface area (TPSA) is 66.9 Å². The highest BCUT2D eigenvalue weighted by Gasteiger charge is 2.37. The van der Waals surface area contributed by atoms with Gasteiger partial charge in [0, 0.05) is 37.2 Å². The molecule has 2 fully saturated rings. The molecular formula is C21H26N2O4. The van der Waals surface area contributed by atoms with Gasteiger partial charge in [-0.05, 0) is 56.2 Å². The van der Waals surface area contributed by atoms with Crippen molar-refractivity contribution in [2.75, 3.05) is 31.6 Å². The Labute approximate surface area is 159 Å². The summed E-state index contributed by atoms with van der Waals surface area (Å²) >= 11 is 0. The first-order valence-electron chi connectivity index (χ1n) is 9.90. The predicted octanol–water partition coefficient (Wildman–Crippen LogP) is 2.40. The lowest BCUT2D eigenvalue weighted by molar-refractivity contribution is -0.136. The lowest BCUT2D eigenvalue weighted by Gasteiger charge is -2.36. The standard InChI is InChI=1S/C21H26N2O4/c1-27-21(26)17-4-2-6-18-16(17)5-3-11-23(18)20(25)15-9-12-22(13-10-15)19(24)14-7-8-14/h2,4,6,14-15H,3,5,7-13H2,1H3. The third-order valence-electron chi connectivity index (χ3n) is 6.00. The van der Waals surface area contributed by atoms with E-state index in [-0.39, 0.29) is 29.6 Å². The van der Waals surface area contributed by atoms with Crippen LogP contribution < -0.4 is 4.90 Å². The van der Waals surface area contributed by atoms with Crippen molar-refractivity contribution in [3.63, 3.8) is 0 Å². The highest BCUT2D eigenvalue weighted by Crippen LogP contribution is 2.35. The second-order valence-corrected chi connectivity index (χ2v) is 7.76. The number of carbonyl (C=O) groups is 3. The van der Waals surface area contributed by atoms with Crippen LogP contribution in [-0.4, -0.2) is 49.4 Å². The summed E-state index contributed by atoms with van der Waals surface area (Å²) in [6.07, 6.45) is 5.10. The second-order valence-electron chi connectivity index (χ2n) is 7.76. The van der Waals surface area contributed by atoms with Gasteiger partial charge in [-0.3, -0.25) is 9.59 Å². The maximum Gasteiger partial charge on any atom is 0.338 e. The van der Waals surface area contributed by atoms with Crippen LogP contribution in [0.15, 0.2) is 18.2 Å². The molecule has 2 amide bonds. The molecule has 0 bridgehead atoms. The zero-order valence-electron chi connectivity index (χ0n) is 15.8. The summed E-state index contributed by atoms with van der Waals surface area (Å²) in [5, 5.41) is 0. The second kappa shape index (κ2) is 7.33. The Morgan fingerprint density at radius 1 is 0.963 bits per heavy atom. The van der Waals surface area contributed by atoms with Gasteiger partial charge in [0.2, 0.25) is 11.8 Å². The normalized spacial score (nSPS) is 20.2. The van der Waals surface area contributed by atoms with Crippen molar-refractivity contribution < 1.29 is 19.1 Å². The van der Waals surface area contributed by atoms with E-state index in [0.29, 0.717) is 25.2 Å². The van der Waals surface area contributed by atoms with Crippen LogP contribution in [0.3, 0.4) is 0 Å². The third kappa shape index (κ3) is 3.45. The summed E-state index contributed by atoms with van der Waals surface area (Å²) in [7, 11) is 1.38. The Morgan fingerprint density at radius 2 is 1.67 bits per heavy atom. The molecule has 6 heteroatoms. The van der Waals surface area contributed by atoms with Crippen molar-refractivity contribution >= 4 is 23.5 Å². The molecular weight excluding hydrogens is 344 g/mol. The van der Waals surface area contributed by atoms with Crippen LogP contribution in [-0.2, 0) is 20.7 Å². The molecule has 0 N–H and O–H groups in total. The van der Waals surface area contributed by atoms with Gasteiger partial charge < -0.3 is 14.5 Å². The molecule has 1 aromatic rings. The van der Waals surface area contributed by atoms with Gasteiger partial charge in [0.05, 0.1) is 12.7 Å². The first kappa shape index (κ1) is 18.0. The summed E-state index contributed by atoms with van der Waals surface area (Å²) in [5.41, 5.74) is 2.30. The van der Waals surface area contributed by atoms with Gasteiger partial charge in [0.1, 0.15) is 0 Å². The van der Waals surface area contributed by atoms with E-state index in [0.717, 1.165) is 49.8 Å². The Balaban J connectivity index is 1.48. The number of carbonyl (C=O) groups excluding carboxylic acids is 3. The maximum absolute atomic E-state index is 13.2. The number of benzene rings is 1. The number of hydrogen-bond acceptors (Lipinski definition) is 4. The van der Waals surface area contributed by atoms with E-state index >= 15 is 0 Å². The van der Waals surface area contributed by atoms with E-state index in [4.69, 9.17) is 4.74 Å². The molecule has 2 aliphatic heterocycles. The predicted molar refractivity (Wildman–Crippen MR) is 100 cm³/mol. The highest BCUT2D eigenvalue weighted by molar-refractivity contribution is 5.99. The molecule has 3 aliphatic rings. The van der Waals surface area contributed by atoms with Crippen molar-refractivity contribution in [2.45, 2.75) is 38.5 Å². The minimum absolute atomic E-state index is 0.0546. The molecule has 1 aliphatic carbocycles. The van der Waals surface area contributed by atoms with E-state index < -0.39 is 0 Å². The first-order valence-corrected chi connectivity index (χ1v) is 9.90. The first-order chi connectivity index (χ1) is 13.1. The number of fused-ring (bicyclic) bond motifs is 1. The number of esters is 1. The van der Waals surface area contributed by atoms with Crippen LogP contribution in [0.1, 0.15) is 48.0 Å². The Bertz CT molecular complexity index is 763. The van der Waals surface area contributed by atoms with Gasteiger partial charge in [-0.25, -0.2) is 4.79 Å². The minimum atomic E-state index is -0.354. The lowest BCUT2D eigenvalue weighted by atomic mass is 9.91. The quantitative estimate of drug-likeness (QED) is 0.767. The molecule has 1 aromatic carbocycles. The molecule has 6 nitrogen and oxygen atoms in total. The fourth-order valence-electron chi connectivity index (χ4n) is 4.31. The van der Waals surface area contributed by atoms with Crippen LogP contribution in [0.5, 0.6) is 0 Å². The average Bonchev–Trinajstić information content (AvgIpc) is 3.56. The van der Waals surface area contributed by atoms with Gasteiger partial charge in [-0.15, -0.1) is 0 Å². The zero-order chi connectivity index (χ0) is 19.0. The zero-order valence-corrected chi connectivity index (χ0v) is 15.8. The maximum atomic E-state index is 13.2. The van der Waals surface area contributed by atoms with Gasteiger partial charge in [-0.1, -0.05) is 6.07 Å². The van der Waals surface area contributed by atoms with Crippen molar-refractivity contribution in [1.29, 1.82) is 0 Å². The minimum Gasteiger partial charge on any atom is -0.465 e. The number of nitrogens with zero attached hydrogens (tertiary/aromatic N) is 2. The highest BCUT2D eigenvalue weighted by atomic mass is 16.5. The van der Waals surface area contributed by atoms with E-state index in [2.05, 4.69) is 0 Å². The number of ether oxygens (including phenoxy) is 1. The summed E-state index contributed by atoms with van der Waals surface area (Å²) < 4.78 is 4.89. The summed E-state index contributed by atoms with van der Waals surface area (Å²) in [4.78, 5) is 41.2. The molecule has 27 heavy (non-hydrogen) atoms. The van der Waals surface area contributed by atoms with Crippen LogP contribution in [0, 0.1) is 11.8 Å². The van der Waals surface area contributed by atoms with Gasteiger partial charge in [-0.2, -0.15) is 0 Å². The molecule has 1 saturated heterocycles. The summed E-state index contributed by atoms with van der Waals surface area (Å²) in [6, 6.07) is 5.50. The molecule has 0 aromatic heterocycles. The number of anilines is 1. The largest absolute Gasteiger partial charge is 0.465 e. The lowest BCUT2D eigenvalue weighted by Crippen LogP contribution is -2.46. The Morgan fingerprint density at radius 3 is 2.33 bits per heavy atom. The number of hydrogen-bond donors (Lipinski definition) is 0. The number of amides is 2. The number of rotatable bonds is 3. The van der Waals surface area contributed by atoms with E-state index in [1.54, 1.807) is 6.07 Å². The molecule has 2 heterocycles. The fourth-order valence-corrected chi connectivity index (χ4v) is 4.31. The number of methoxy groups -OCH3 is 1. The van der Waals surface area contributed by atoms with Crippen molar-refractivity contribution in [2.24, 2.45) is 11.8 Å². The molecule has 0 atom stereocenters. The van der Waals surface area contributed by atoms with Crippen molar-refractivity contribution in [3.8, 4) is 0 Å². The van der Waals surface area contributed by atoms with Crippen molar-refractivity contribution in [3.05, 3.63) is 29.3 Å². The fraction of sp³-hybridized carbons (Fsp3) is 0.571. The van der Waals surface area contributed by atoms with Crippen LogP contribution in [0.4, 0.5) is 5.69 Å². The third-order valence-corrected chi connectivity index (χ3v) is 6.00. The van der Waals surface area contributed by atoms with Crippen LogP contribution >= 0.6 is 0 Å². The van der Waals surface area contributed by atoms with Crippen LogP contribution in [0.2, 0.25) is 0 Å². The van der Waals surface area contributed by atoms with Crippen molar-refractivity contribution in [1.82, 2.24) is 4.90 Å². The molecule has 1 saturated carbocycles. The van der Waals surface area contributed by atoms with Gasteiger partial charge in [0.25, 0.3) is 0 Å². The molecule has 144 valence electrons. The molecule has 0 spiro atoms. The average molecular weight is 370 g/mol. The summed E-state index contributed by atoms with van der Waals surface area (Å²) in [6.45, 7) is 2.03. The Hall–Kier alpha value is -2.37. The number of piperidine rings is 1. The van der Waals surface area contributed by atoms with Crippen LogP contribution in [0.25, 0.3) is 0 Å². The van der Waals surface area contributed by atoms with Gasteiger partial charge in [0.15, 0.2) is 0 Å². The number of likely N-dealkylation sites (tertiary alicyclic amines) is 1. The molecule has 4 rings (SSSR count). The van der Waals surface area contributed by atoms with Gasteiger partial charge >= 0.3 is 5.97 Å². The smallest absolute Gasteiger partial charge is 0.338 e. The monoisotopic (exact) mass is 370 g/mol. The SMILES string of the molecule is COC(=O)c1cccc2c1CCCN2C(=O)C1CCN(C(=O)C2CC2)CC1.